The molecular weight excluding hydrogens is 212 g/mol. The third-order valence-corrected chi connectivity index (χ3v) is 4.53. The third-order valence-electron chi connectivity index (χ3n) is 4.53. The molecule has 0 radical (unpaired) electrons. The standard InChI is InChI=1S/C14H28N2O/c1-3-13-5-4-8-16(9-6-13)12(2)14-11-15-7-10-17-14/h12-15H,3-11H2,1-2H3. The van der Waals surface area contributed by atoms with Gasteiger partial charge in [0, 0.05) is 19.1 Å². The lowest BCUT2D eigenvalue weighted by Gasteiger charge is -2.36. The second-order valence-corrected chi connectivity index (χ2v) is 5.60. The first kappa shape index (κ1) is 13.3. The van der Waals surface area contributed by atoms with E-state index in [0.29, 0.717) is 12.1 Å². The number of nitrogens with zero attached hydrogens (tertiary/aromatic N) is 1. The van der Waals surface area contributed by atoms with E-state index in [9.17, 15) is 0 Å². The van der Waals surface area contributed by atoms with Crippen molar-refractivity contribution >= 4 is 0 Å². The van der Waals surface area contributed by atoms with Gasteiger partial charge in [-0.05, 0) is 45.2 Å². The predicted octanol–water partition coefficient (Wildman–Crippen LogP) is 1.88. The van der Waals surface area contributed by atoms with E-state index in [1.165, 1.54) is 38.8 Å². The van der Waals surface area contributed by atoms with E-state index in [1.807, 2.05) is 0 Å². The normalized spacial score (nSPS) is 34.2. The Labute approximate surface area is 106 Å². The Morgan fingerprint density at radius 1 is 1.35 bits per heavy atom. The first-order valence-corrected chi connectivity index (χ1v) is 7.37. The van der Waals surface area contributed by atoms with E-state index in [1.54, 1.807) is 0 Å². The van der Waals surface area contributed by atoms with Gasteiger partial charge in [-0.3, -0.25) is 4.90 Å². The molecule has 0 aromatic carbocycles. The molecule has 1 N–H and O–H groups in total. The summed E-state index contributed by atoms with van der Waals surface area (Å²) in [7, 11) is 0. The molecule has 3 atom stereocenters. The van der Waals surface area contributed by atoms with Gasteiger partial charge in [0.25, 0.3) is 0 Å². The maximum Gasteiger partial charge on any atom is 0.0852 e. The minimum Gasteiger partial charge on any atom is -0.374 e. The molecule has 2 saturated heterocycles. The lowest BCUT2D eigenvalue weighted by Crippen LogP contribution is -2.51. The highest BCUT2D eigenvalue weighted by atomic mass is 16.5. The second kappa shape index (κ2) is 6.72. The Hall–Kier alpha value is -0.120. The number of rotatable bonds is 3. The summed E-state index contributed by atoms with van der Waals surface area (Å²) in [6.45, 7) is 10.1. The minimum absolute atomic E-state index is 0.391. The van der Waals surface area contributed by atoms with Gasteiger partial charge in [-0.25, -0.2) is 0 Å². The van der Waals surface area contributed by atoms with Crippen LogP contribution in [0.2, 0.25) is 0 Å². The zero-order valence-corrected chi connectivity index (χ0v) is 11.5. The van der Waals surface area contributed by atoms with Crippen LogP contribution in [0, 0.1) is 5.92 Å². The Balaban J connectivity index is 1.83. The molecule has 3 heteroatoms. The molecule has 17 heavy (non-hydrogen) atoms. The number of morpholine rings is 1. The van der Waals surface area contributed by atoms with E-state index in [2.05, 4.69) is 24.1 Å². The van der Waals surface area contributed by atoms with Crippen LogP contribution in [0.5, 0.6) is 0 Å². The molecule has 0 spiro atoms. The summed E-state index contributed by atoms with van der Waals surface area (Å²) in [6, 6.07) is 0.568. The highest BCUT2D eigenvalue weighted by Gasteiger charge is 2.27. The number of likely N-dealkylation sites (tertiary alicyclic amines) is 1. The lowest BCUT2D eigenvalue weighted by molar-refractivity contribution is -0.0255. The van der Waals surface area contributed by atoms with Crippen molar-refractivity contribution in [2.75, 3.05) is 32.8 Å². The Morgan fingerprint density at radius 2 is 2.24 bits per heavy atom. The largest absolute Gasteiger partial charge is 0.374 e. The zero-order valence-electron chi connectivity index (χ0n) is 11.5. The highest BCUT2D eigenvalue weighted by Crippen LogP contribution is 2.22. The fourth-order valence-corrected chi connectivity index (χ4v) is 3.13. The zero-order chi connectivity index (χ0) is 12.1. The summed E-state index contributed by atoms with van der Waals surface area (Å²) in [5, 5.41) is 3.44. The molecule has 2 aliphatic heterocycles. The van der Waals surface area contributed by atoms with E-state index in [0.717, 1.165) is 25.6 Å². The van der Waals surface area contributed by atoms with Crippen LogP contribution in [0.4, 0.5) is 0 Å². The van der Waals surface area contributed by atoms with E-state index >= 15 is 0 Å². The van der Waals surface area contributed by atoms with Crippen molar-refractivity contribution in [3.63, 3.8) is 0 Å². The van der Waals surface area contributed by atoms with E-state index < -0.39 is 0 Å². The van der Waals surface area contributed by atoms with Gasteiger partial charge in [-0.15, -0.1) is 0 Å². The maximum absolute atomic E-state index is 5.88. The molecule has 0 aromatic rings. The van der Waals surface area contributed by atoms with Crippen LogP contribution in [0.25, 0.3) is 0 Å². The van der Waals surface area contributed by atoms with E-state index in [-0.39, 0.29) is 0 Å². The molecular formula is C14H28N2O. The summed E-state index contributed by atoms with van der Waals surface area (Å²) < 4.78 is 5.88. The average Bonchev–Trinajstić information content (AvgIpc) is 2.64. The highest BCUT2D eigenvalue weighted by molar-refractivity contribution is 4.82. The smallest absolute Gasteiger partial charge is 0.0852 e. The minimum atomic E-state index is 0.391. The predicted molar refractivity (Wildman–Crippen MR) is 71.3 cm³/mol. The van der Waals surface area contributed by atoms with Crippen molar-refractivity contribution < 1.29 is 4.74 Å². The Morgan fingerprint density at radius 3 is 2.94 bits per heavy atom. The van der Waals surface area contributed by atoms with Gasteiger partial charge in [0.2, 0.25) is 0 Å². The Kier molecular flexibility index (Phi) is 5.26. The van der Waals surface area contributed by atoms with Gasteiger partial charge in [0.05, 0.1) is 12.7 Å². The van der Waals surface area contributed by atoms with Crippen molar-refractivity contribution in [3.05, 3.63) is 0 Å². The fraction of sp³-hybridized carbons (Fsp3) is 1.00. The SMILES string of the molecule is CCC1CCCN(C(C)C2CNCCO2)CC1. The third kappa shape index (κ3) is 3.67. The molecule has 2 fully saturated rings. The molecule has 0 bridgehead atoms. The van der Waals surface area contributed by atoms with Crippen LogP contribution in [-0.2, 0) is 4.74 Å². The van der Waals surface area contributed by atoms with Crippen LogP contribution >= 0.6 is 0 Å². The maximum atomic E-state index is 5.88. The first-order valence-electron chi connectivity index (χ1n) is 7.37. The van der Waals surface area contributed by atoms with Gasteiger partial charge in [-0.2, -0.15) is 0 Å². The quantitative estimate of drug-likeness (QED) is 0.815. The fourth-order valence-electron chi connectivity index (χ4n) is 3.13. The lowest BCUT2D eigenvalue weighted by atomic mass is 9.98. The molecule has 0 aromatic heterocycles. The molecule has 2 rings (SSSR count). The number of hydrogen-bond donors (Lipinski definition) is 1. The molecule has 2 aliphatic rings. The van der Waals surface area contributed by atoms with Crippen LogP contribution in [-0.4, -0.2) is 49.8 Å². The first-order chi connectivity index (χ1) is 8.31. The van der Waals surface area contributed by atoms with E-state index in [4.69, 9.17) is 4.74 Å². The number of hydrogen-bond acceptors (Lipinski definition) is 3. The molecule has 3 nitrogen and oxygen atoms in total. The molecule has 100 valence electrons. The van der Waals surface area contributed by atoms with Gasteiger partial charge in [0.15, 0.2) is 0 Å². The molecule has 0 amide bonds. The number of ether oxygens (including phenoxy) is 1. The van der Waals surface area contributed by atoms with Crippen LogP contribution in [0.3, 0.4) is 0 Å². The monoisotopic (exact) mass is 240 g/mol. The van der Waals surface area contributed by atoms with Crippen molar-refractivity contribution in [2.24, 2.45) is 5.92 Å². The van der Waals surface area contributed by atoms with Crippen molar-refractivity contribution in [1.82, 2.24) is 10.2 Å². The van der Waals surface area contributed by atoms with Crippen molar-refractivity contribution in [3.8, 4) is 0 Å². The number of nitrogens with one attached hydrogen (secondary N) is 1. The second-order valence-electron chi connectivity index (χ2n) is 5.60. The summed E-state index contributed by atoms with van der Waals surface area (Å²) in [5.74, 6) is 0.956. The molecule has 0 saturated carbocycles. The van der Waals surface area contributed by atoms with Gasteiger partial charge >= 0.3 is 0 Å². The topological polar surface area (TPSA) is 24.5 Å². The van der Waals surface area contributed by atoms with Crippen LogP contribution in [0.15, 0.2) is 0 Å². The molecule has 2 heterocycles. The summed E-state index contributed by atoms with van der Waals surface area (Å²) in [4.78, 5) is 2.65. The van der Waals surface area contributed by atoms with Crippen LogP contribution < -0.4 is 5.32 Å². The molecule has 3 unspecified atom stereocenters. The van der Waals surface area contributed by atoms with Gasteiger partial charge in [0.1, 0.15) is 0 Å². The van der Waals surface area contributed by atoms with Crippen molar-refractivity contribution in [2.45, 2.75) is 51.7 Å². The van der Waals surface area contributed by atoms with Crippen LogP contribution in [0.1, 0.15) is 39.5 Å². The Bertz CT molecular complexity index is 216. The molecule has 0 aliphatic carbocycles. The summed E-state index contributed by atoms with van der Waals surface area (Å²) in [6.07, 6.45) is 5.90. The summed E-state index contributed by atoms with van der Waals surface area (Å²) >= 11 is 0. The van der Waals surface area contributed by atoms with Gasteiger partial charge in [-0.1, -0.05) is 13.3 Å². The van der Waals surface area contributed by atoms with Crippen molar-refractivity contribution in [1.29, 1.82) is 0 Å². The summed E-state index contributed by atoms with van der Waals surface area (Å²) in [5.41, 5.74) is 0. The van der Waals surface area contributed by atoms with Gasteiger partial charge < -0.3 is 10.1 Å². The average molecular weight is 240 g/mol.